The van der Waals surface area contributed by atoms with Gasteiger partial charge in [-0.1, -0.05) is 37.1 Å². The first-order valence-corrected chi connectivity index (χ1v) is 8.67. The van der Waals surface area contributed by atoms with Crippen LogP contribution in [0.1, 0.15) is 25.5 Å². The van der Waals surface area contributed by atoms with Crippen molar-refractivity contribution in [3.63, 3.8) is 0 Å². The number of nitrogen functional groups attached to an aromatic ring is 1. The Bertz CT molecular complexity index is 840. The van der Waals surface area contributed by atoms with Crippen LogP contribution in [0.25, 0.3) is 16.9 Å². The molecule has 0 saturated heterocycles. The second kappa shape index (κ2) is 7.24. The molecule has 0 aliphatic heterocycles. The lowest BCUT2D eigenvalue weighted by molar-refractivity contribution is 0.316. The Morgan fingerprint density at radius 1 is 1.25 bits per heavy atom. The molecule has 0 aliphatic carbocycles. The van der Waals surface area contributed by atoms with Crippen LogP contribution in [-0.2, 0) is 6.54 Å². The lowest BCUT2D eigenvalue weighted by Crippen LogP contribution is -2.20. The number of pyridine rings is 1. The molecule has 4 nitrogen and oxygen atoms in total. The number of hydrogen-bond donors (Lipinski definition) is 1. The van der Waals surface area contributed by atoms with Crippen molar-refractivity contribution in [3.8, 4) is 11.3 Å². The largest absolute Gasteiger partial charge is 0.399 e. The van der Waals surface area contributed by atoms with E-state index in [1.54, 1.807) is 0 Å². The first-order valence-electron chi connectivity index (χ1n) is 8.29. The second-order valence-corrected chi connectivity index (χ2v) is 6.64. The number of benzene rings is 1. The van der Waals surface area contributed by atoms with Crippen molar-refractivity contribution in [1.29, 1.82) is 0 Å². The summed E-state index contributed by atoms with van der Waals surface area (Å²) in [5, 5.41) is 0.705. The van der Waals surface area contributed by atoms with Gasteiger partial charge in [-0.2, -0.15) is 0 Å². The zero-order chi connectivity index (χ0) is 17.1. The molecule has 0 bridgehead atoms. The highest BCUT2D eigenvalue weighted by Crippen LogP contribution is 2.28. The van der Waals surface area contributed by atoms with Crippen molar-refractivity contribution in [2.75, 3.05) is 19.3 Å². The molecule has 24 heavy (non-hydrogen) atoms. The van der Waals surface area contributed by atoms with Crippen molar-refractivity contribution in [3.05, 3.63) is 53.3 Å². The summed E-state index contributed by atoms with van der Waals surface area (Å²) in [5.74, 6) is 0. The van der Waals surface area contributed by atoms with E-state index in [9.17, 15) is 0 Å². The van der Waals surface area contributed by atoms with Gasteiger partial charge in [0, 0.05) is 24.0 Å². The minimum Gasteiger partial charge on any atom is -0.399 e. The molecule has 2 aromatic heterocycles. The summed E-state index contributed by atoms with van der Waals surface area (Å²) in [6.07, 6.45) is 4.30. The van der Waals surface area contributed by atoms with Crippen LogP contribution in [0.2, 0.25) is 5.02 Å². The number of nitrogens with zero attached hydrogens (tertiary/aromatic N) is 3. The molecule has 0 amide bonds. The van der Waals surface area contributed by atoms with Crippen LogP contribution in [-0.4, -0.2) is 27.9 Å². The predicted molar refractivity (Wildman–Crippen MR) is 101 cm³/mol. The Morgan fingerprint density at radius 3 is 2.83 bits per heavy atom. The lowest BCUT2D eigenvalue weighted by Gasteiger charge is -2.17. The van der Waals surface area contributed by atoms with Crippen molar-refractivity contribution in [2.45, 2.75) is 26.3 Å². The average molecular weight is 343 g/mol. The summed E-state index contributed by atoms with van der Waals surface area (Å²) < 4.78 is 2.09. The molecule has 2 heterocycles. The predicted octanol–water partition coefficient (Wildman–Crippen LogP) is 4.47. The molecule has 0 unspecified atom stereocenters. The van der Waals surface area contributed by atoms with E-state index in [4.69, 9.17) is 22.3 Å². The fourth-order valence-electron chi connectivity index (χ4n) is 2.90. The molecule has 3 rings (SSSR count). The fourth-order valence-corrected chi connectivity index (χ4v) is 3.06. The number of anilines is 1. The van der Waals surface area contributed by atoms with Gasteiger partial charge in [-0.15, -0.1) is 0 Å². The Balaban J connectivity index is 2.08. The van der Waals surface area contributed by atoms with Gasteiger partial charge in [0.05, 0.1) is 16.4 Å². The average Bonchev–Trinajstić information content (AvgIpc) is 2.91. The van der Waals surface area contributed by atoms with E-state index in [1.165, 1.54) is 12.8 Å². The van der Waals surface area contributed by atoms with Crippen LogP contribution in [0.15, 0.2) is 42.6 Å². The third kappa shape index (κ3) is 3.55. The summed E-state index contributed by atoms with van der Waals surface area (Å²) in [4.78, 5) is 7.14. The summed E-state index contributed by atoms with van der Waals surface area (Å²) in [7, 11) is 2.14. The number of fused-ring (bicyclic) bond motifs is 1. The van der Waals surface area contributed by atoms with E-state index in [0.717, 1.165) is 41.4 Å². The topological polar surface area (TPSA) is 46.6 Å². The standard InChI is InChI=1S/C19H23ClN4/c1-3-4-10-23(2)13-17-19(14-6-5-7-16(21)11-14)22-18-9-8-15(20)12-24(17)18/h5-9,11-12H,3-4,10,13,21H2,1-2H3. The number of halogens is 1. The molecule has 3 aromatic rings. The van der Waals surface area contributed by atoms with Gasteiger partial charge in [-0.3, -0.25) is 0 Å². The Hall–Kier alpha value is -2.04. The molecular weight excluding hydrogens is 320 g/mol. The van der Waals surface area contributed by atoms with Crippen molar-refractivity contribution in [1.82, 2.24) is 14.3 Å². The fraction of sp³-hybridized carbons (Fsp3) is 0.316. The highest BCUT2D eigenvalue weighted by atomic mass is 35.5. The lowest BCUT2D eigenvalue weighted by atomic mass is 10.1. The van der Waals surface area contributed by atoms with Gasteiger partial charge in [0.25, 0.3) is 0 Å². The minimum absolute atomic E-state index is 0.705. The molecular formula is C19H23ClN4. The van der Waals surface area contributed by atoms with Crippen molar-refractivity contribution >= 4 is 22.9 Å². The molecule has 0 fully saturated rings. The van der Waals surface area contributed by atoms with E-state index in [1.807, 2.05) is 36.5 Å². The minimum atomic E-state index is 0.705. The van der Waals surface area contributed by atoms with Gasteiger partial charge in [0.1, 0.15) is 5.65 Å². The van der Waals surface area contributed by atoms with Crippen molar-refractivity contribution < 1.29 is 0 Å². The molecule has 5 heteroatoms. The zero-order valence-electron chi connectivity index (χ0n) is 14.2. The Kier molecular flexibility index (Phi) is 5.07. The van der Waals surface area contributed by atoms with E-state index in [0.29, 0.717) is 5.02 Å². The van der Waals surface area contributed by atoms with Crippen LogP contribution in [0, 0.1) is 0 Å². The summed E-state index contributed by atoms with van der Waals surface area (Å²) in [6.45, 7) is 4.08. The Morgan fingerprint density at radius 2 is 2.08 bits per heavy atom. The van der Waals surface area contributed by atoms with E-state index < -0.39 is 0 Å². The summed E-state index contributed by atoms with van der Waals surface area (Å²) in [5.41, 5.74) is 10.7. The SMILES string of the molecule is CCCCN(C)Cc1c(-c2cccc(N)c2)nc2ccc(Cl)cn12. The maximum Gasteiger partial charge on any atom is 0.137 e. The van der Waals surface area contributed by atoms with Crippen molar-refractivity contribution in [2.24, 2.45) is 0 Å². The van der Waals surface area contributed by atoms with Gasteiger partial charge in [0.2, 0.25) is 0 Å². The van der Waals surface area contributed by atoms with Gasteiger partial charge in [-0.05, 0) is 44.3 Å². The van der Waals surface area contributed by atoms with Gasteiger partial charge in [0.15, 0.2) is 0 Å². The zero-order valence-corrected chi connectivity index (χ0v) is 14.9. The quantitative estimate of drug-likeness (QED) is 0.672. The smallest absolute Gasteiger partial charge is 0.137 e. The molecule has 0 spiro atoms. The highest BCUT2D eigenvalue weighted by molar-refractivity contribution is 6.30. The highest BCUT2D eigenvalue weighted by Gasteiger charge is 2.16. The number of hydrogen-bond acceptors (Lipinski definition) is 3. The molecule has 2 N–H and O–H groups in total. The second-order valence-electron chi connectivity index (χ2n) is 6.20. The summed E-state index contributed by atoms with van der Waals surface area (Å²) in [6, 6.07) is 11.7. The van der Waals surface area contributed by atoms with Crippen LogP contribution >= 0.6 is 11.6 Å². The van der Waals surface area contributed by atoms with Crippen LogP contribution < -0.4 is 5.73 Å². The number of nitrogens with two attached hydrogens (primary N) is 1. The van der Waals surface area contributed by atoms with Gasteiger partial charge >= 0.3 is 0 Å². The maximum absolute atomic E-state index is 6.21. The molecule has 1 aromatic carbocycles. The number of imidazole rings is 1. The van der Waals surface area contributed by atoms with E-state index >= 15 is 0 Å². The van der Waals surface area contributed by atoms with Gasteiger partial charge in [-0.25, -0.2) is 4.98 Å². The van der Waals surface area contributed by atoms with Crippen LogP contribution in [0.4, 0.5) is 5.69 Å². The third-order valence-electron chi connectivity index (χ3n) is 4.15. The van der Waals surface area contributed by atoms with Crippen LogP contribution in [0.5, 0.6) is 0 Å². The summed E-state index contributed by atoms with van der Waals surface area (Å²) >= 11 is 6.21. The molecule has 0 saturated carbocycles. The van der Waals surface area contributed by atoms with E-state index in [-0.39, 0.29) is 0 Å². The first kappa shape index (κ1) is 16.8. The number of aromatic nitrogens is 2. The first-order chi connectivity index (χ1) is 11.6. The number of rotatable bonds is 6. The number of unbranched alkanes of at least 4 members (excludes halogenated alkanes) is 1. The normalized spacial score (nSPS) is 11.5. The molecule has 126 valence electrons. The van der Waals surface area contributed by atoms with Gasteiger partial charge < -0.3 is 15.0 Å². The monoisotopic (exact) mass is 342 g/mol. The molecule has 0 radical (unpaired) electrons. The Labute approximate surface area is 147 Å². The molecule has 0 aliphatic rings. The van der Waals surface area contributed by atoms with Crippen LogP contribution in [0.3, 0.4) is 0 Å². The molecule has 0 atom stereocenters. The maximum atomic E-state index is 6.21. The third-order valence-corrected chi connectivity index (χ3v) is 4.38. The van der Waals surface area contributed by atoms with E-state index in [2.05, 4.69) is 29.3 Å².